The molecule has 3 nitrogen and oxygen atoms in total. The number of furan rings is 1. The van der Waals surface area contributed by atoms with Crippen LogP contribution in [0.1, 0.15) is 50.7 Å². The fourth-order valence-electron chi connectivity index (χ4n) is 5.04. The molecule has 0 bridgehead atoms. The van der Waals surface area contributed by atoms with E-state index in [4.69, 9.17) is 4.42 Å². The summed E-state index contributed by atoms with van der Waals surface area (Å²) in [7, 11) is 0. The molecule has 0 spiro atoms. The molecule has 1 aromatic heterocycles. The topological polar surface area (TPSA) is 19.6 Å². The lowest BCUT2D eigenvalue weighted by Gasteiger charge is -2.49. The molecule has 1 saturated carbocycles. The molecular weight excluding hydrogens is 260 g/mol. The minimum atomic E-state index is 0.770. The van der Waals surface area contributed by atoms with Crippen LogP contribution in [-0.2, 0) is 6.54 Å². The fourth-order valence-corrected chi connectivity index (χ4v) is 5.04. The quantitative estimate of drug-likeness (QED) is 0.848. The number of fused-ring (bicyclic) bond motifs is 1. The van der Waals surface area contributed by atoms with Crippen molar-refractivity contribution in [1.29, 1.82) is 0 Å². The molecule has 0 aromatic carbocycles. The zero-order valence-electron chi connectivity index (χ0n) is 13.0. The van der Waals surface area contributed by atoms with E-state index in [0.29, 0.717) is 0 Å². The van der Waals surface area contributed by atoms with Gasteiger partial charge < -0.3 is 4.42 Å². The van der Waals surface area contributed by atoms with Crippen molar-refractivity contribution in [2.75, 3.05) is 19.6 Å². The molecule has 21 heavy (non-hydrogen) atoms. The lowest BCUT2D eigenvalue weighted by Crippen LogP contribution is -2.59. The van der Waals surface area contributed by atoms with E-state index < -0.39 is 0 Å². The van der Waals surface area contributed by atoms with Crippen molar-refractivity contribution in [3.63, 3.8) is 0 Å². The Morgan fingerprint density at radius 2 is 1.90 bits per heavy atom. The molecular formula is C18H28N2O. The highest BCUT2D eigenvalue weighted by molar-refractivity contribution is 5.03. The molecule has 0 amide bonds. The summed E-state index contributed by atoms with van der Waals surface area (Å²) in [6.45, 7) is 4.83. The molecule has 116 valence electrons. The first-order valence-corrected chi connectivity index (χ1v) is 8.92. The predicted molar refractivity (Wildman–Crippen MR) is 84.1 cm³/mol. The Morgan fingerprint density at radius 1 is 1.00 bits per heavy atom. The Kier molecular flexibility index (Phi) is 4.04. The van der Waals surface area contributed by atoms with Gasteiger partial charge in [-0.25, -0.2) is 0 Å². The molecule has 2 saturated heterocycles. The van der Waals surface area contributed by atoms with Crippen molar-refractivity contribution in [2.24, 2.45) is 5.92 Å². The third kappa shape index (κ3) is 2.78. The van der Waals surface area contributed by atoms with Gasteiger partial charge in [0.2, 0.25) is 0 Å². The van der Waals surface area contributed by atoms with Gasteiger partial charge >= 0.3 is 0 Å². The first kappa shape index (κ1) is 13.8. The number of rotatable bonds is 3. The Morgan fingerprint density at radius 3 is 2.71 bits per heavy atom. The van der Waals surface area contributed by atoms with E-state index in [2.05, 4.69) is 15.9 Å². The van der Waals surface area contributed by atoms with Crippen molar-refractivity contribution in [1.82, 2.24) is 9.80 Å². The van der Waals surface area contributed by atoms with Gasteiger partial charge in [-0.15, -0.1) is 0 Å². The second kappa shape index (κ2) is 6.13. The second-order valence-electron chi connectivity index (χ2n) is 7.18. The van der Waals surface area contributed by atoms with Gasteiger partial charge in [-0.2, -0.15) is 0 Å². The van der Waals surface area contributed by atoms with Crippen molar-refractivity contribution < 1.29 is 4.42 Å². The summed E-state index contributed by atoms with van der Waals surface area (Å²) in [5.74, 6) is 2.06. The SMILES string of the molecule is c1coc(CN2CCN3CCC[C@@H]3[C@H]2C2CCCCC2)c1. The third-order valence-corrected chi connectivity index (χ3v) is 5.98. The average molecular weight is 288 g/mol. The van der Waals surface area contributed by atoms with Crippen molar-refractivity contribution in [3.8, 4) is 0 Å². The molecule has 2 aliphatic heterocycles. The largest absolute Gasteiger partial charge is 0.468 e. The summed E-state index contributed by atoms with van der Waals surface area (Å²) < 4.78 is 5.63. The molecule has 3 heterocycles. The van der Waals surface area contributed by atoms with E-state index in [0.717, 1.165) is 30.3 Å². The monoisotopic (exact) mass is 288 g/mol. The van der Waals surface area contributed by atoms with E-state index >= 15 is 0 Å². The molecule has 3 fully saturated rings. The summed E-state index contributed by atoms with van der Waals surface area (Å²) in [6, 6.07) is 5.75. The molecule has 2 atom stereocenters. The van der Waals surface area contributed by atoms with Crippen LogP contribution in [0.4, 0.5) is 0 Å². The van der Waals surface area contributed by atoms with Crippen LogP contribution in [0.3, 0.4) is 0 Å². The molecule has 0 radical (unpaired) electrons. The van der Waals surface area contributed by atoms with Gasteiger partial charge in [0.1, 0.15) is 5.76 Å². The van der Waals surface area contributed by atoms with Gasteiger partial charge in [-0.05, 0) is 50.3 Å². The molecule has 3 heteroatoms. The van der Waals surface area contributed by atoms with Crippen LogP contribution in [0.15, 0.2) is 22.8 Å². The fraction of sp³-hybridized carbons (Fsp3) is 0.778. The van der Waals surface area contributed by atoms with Crippen LogP contribution >= 0.6 is 0 Å². The van der Waals surface area contributed by atoms with Gasteiger partial charge in [-0.3, -0.25) is 9.80 Å². The summed E-state index contributed by atoms with van der Waals surface area (Å²) in [6.07, 6.45) is 11.9. The zero-order chi connectivity index (χ0) is 14.1. The van der Waals surface area contributed by atoms with Gasteiger partial charge in [-0.1, -0.05) is 19.3 Å². The van der Waals surface area contributed by atoms with Gasteiger partial charge in [0.15, 0.2) is 0 Å². The van der Waals surface area contributed by atoms with Gasteiger partial charge in [0.05, 0.1) is 12.8 Å². The highest BCUT2D eigenvalue weighted by atomic mass is 16.3. The minimum Gasteiger partial charge on any atom is -0.468 e. The van der Waals surface area contributed by atoms with Crippen molar-refractivity contribution in [3.05, 3.63) is 24.2 Å². The maximum atomic E-state index is 5.63. The van der Waals surface area contributed by atoms with Crippen LogP contribution < -0.4 is 0 Å². The Bertz CT molecular complexity index is 438. The van der Waals surface area contributed by atoms with Crippen LogP contribution in [0.25, 0.3) is 0 Å². The second-order valence-corrected chi connectivity index (χ2v) is 7.18. The van der Waals surface area contributed by atoms with Crippen molar-refractivity contribution in [2.45, 2.75) is 63.6 Å². The maximum absolute atomic E-state index is 5.63. The number of nitrogens with zero attached hydrogens (tertiary/aromatic N) is 2. The van der Waals surface area contributed by atoms with E-state index in [-0.39, 0.29) is 0 Å². The van der Waals surface area contributed by atoms with Crippen LogP contribution in [0.2, 0.25) is 0 Å². The number of hydrogen-bond acceptors (Lipinski definition) is 3. The lowest BCUT2D eigenvalue weighted by molar-refractivity contribution is -0.00705. The number of piperazine rings is 1. The normalized spacial score (nSPS) is 32.4. The van der Waals surface area contributed by atoms with Crippen LogP contribution in [-0.4, -0.2) is 41.5 Å². The zero-order valence-corrected chi connectivity index (χ0v) is 13.0. The summed E-state index contributed by atoms with van der Waals surface area (Å²) in [4.78, 5) is 5.53. The summed E-state index contributed by atoms with van der Waals surface area (Å²) >= 11 is 0. The summed E-state index contributed by atoms with van der Waals surface area (Å²) in [5.41, 5.74) is 0. The van der Waals surface area contributed by atoms with E-state index in [1.54, 1.807) is 0 Å². The lowest BCUT2D eigenvalue weighted by atomic mass is 9.78. The Labute approximate surface area is 128 Å². The first-order chi connectivity index (χ1) is 10.4. The smallest absolute Gasteiger partial charge is 0.117 e. The Hall–Kier alpha value is -0.800. The van der Waals surface area contributed by atoms with E-state index in [9.17, 15) is 0 Å². The molecule has 1 aliphatic carbocycles. The Balaban J connectivity index is 1.54. The molecule has 1 aromatic rings. The van der Waals surface area contributed by atoms with Crippen molar-refractivity contribution >= 4 is 0 Å². The highest BCUT2D eigenvalue weighted by Crippen LogP contribution is 2.38. The maximum Gasteiger partial charge on any atom is 0.117 e. The standard InChI is InChI=1S/C18H28N2O/c1-2-6-15(7-3-1)18-17-9-4-10-19(17)11-12-20(18)14-16-8-5-13-21-16/h5,8,13,15,17-18H,1-4,6-7,9-12,14H2/t17-,18-/m1/s1. The average Bonchev–Trinajstić information content (AvgIpc) is 3.19. The molecule has 3 aliphatic rings. The van der Waals surface area contributed by atoms with Gasteiger partial charge in [0, 0.05) is 25.2 Å². The molecule has 0 unspecified atom stereocenters. The van der Waals surface area contributed by atoms with E-state index in [1.165, 1.54) is 64.6 Å². The predicted octanol–water partition coefficient (Wildman–Crippen LogP) is 3.51. The third-order valence-electron chi connectivity index (χ3n) is 5.98. The van der Waals surface area contributed by atoms with E-state index in [1.807, 2.05) is 12.3 Å². The van der Waals surface area contributed by atoms with Crippen LogP contribution in [0, 0.1) is 5.92 Å². The highest BCUT2D eigenvalue weighted by Gasteiger charge is 2.43. The molecule has 4 rings (SSSR count). The number of hydrogen-bond donors (Lipinski definition) is 0. The van der Waals surface area contributed by atoms with Crippen LogP contribution in [0.5, 0.6) is 0 Å². The van der Waals surface area contributed by atoms with Gasteiger partial charge in [0.25, 0.3) is 0 Å². The molecule has 0 N–H and O–H groups in total. The summed E-state index contributed by atoms with van der Waals surface area (Å²) in [5, 5.41) is 0. The first-order valence-electron chi connectivity index (χ1n) is 8.92. The minimum absolute atomic E-state index is 0.770.